The maximum atomic E-state index is 4.49. The Labute approximate surface area is 274 Å². The molecule has 0 spiro atoms. The van der Waals surface area contributed by atoms with Gasteiger partial charge >= 0.3 is 55.4 Å². The molecule has 6 nitrogen and oxygen atoms in total. The van der Waals surface area contributed by atoms with Crippen molar-refractivity contribution >= 4 is 19.1 Å². The van der Waals surface area contributed by atoms with E-state index in [1.807, 2.05) is 0 Å². The third kappa shape index (κ3) is 16.7. The zero-order valence-corrected chi connectivity index (χ0v) is 29.8. The molecule has 0 radical (unpaired) electrons. The van der Waals surface area contributed by atoms with Crippen LogP contribution in [0.3, 0.4) is 0 Å². The van der Waals surface area contributed by atoms with Crippen molar-refractivity contribution < 1.29 is 36.4 Å². The Bertz CT molecular complexity index is 747. The number of likely N-dealkylation sites (N-methyl/N-ethyl adjacent to an activating group) is 6. The summed E-state index contributed by atoms with van der Waals surface area (Å²) < 4.78 is 0. The number of nitrogens with zero attached hydrogens (tertiary/aromatic N) is 6. The molecule has 232 valence electrons. The predicted octanol–water partition coefficient (Wildman–Crippen LogP) is 4.37. The predicted molar refractivity (Wildman–Crippen MR) is 165 cm³/mol. The molecule has 4 aliphatic rings. The van der Waals surface area contributed by atoms with Crippen molar-refractivity contribution in [1.29, 1.82) is 0 Å². The fraction of sp³-hybridized carbons (Fsp3) is 0.600. The Balaban J connectivity index is 0.00000191. The summed E-state index contributed by atoms with van der Waals surface area (Å²) >= 11 is 4.44. The fourth-order valence-electron chi connectivity index (χ4n) is 4.65. The Hall–Kier alpha value is 0.105. The molecular weight excluding hydrogens is 728 g/mol. The van der Waals surface area contributed by atoms with Crippen LogP contribution >= 0.6 is 19.1 Å². The van der Waals surface area contributed by atoms with Crippen LogP contribution in [0.5, 0.6) is 0 Å². The van der Waals surface area contributed by atoms with Gasteiger partial charge in [-0.1, -0.05) is 48.5 Å². The Kier molecular flexibility index (Phi) is 21.6. The van der Waals surface area contributed by atoms with Gasteiger partial charge in [-0.2, -0.15) is 0 Å². The fourth-order valence-corrected chi connectivity index (χ4v) is 4.65. The van der Waals surface area contributed by atoms with Crippen molar-refractivity contribution in [3.8, 4) is 0 Å². The van der Waals surface area contributed by atoms with Crippen molar-refractivity contribution in [2.45, 2.75) is 26.2 Å². The van der Waals surface area contributed by atoms with Crippen LogP contribution in [0.2, 0.25) is 0 Å². The minimum atomic E-state index is 0.999. The Morgan fingerprint density at radius 2 is 0.500 bits per heavy atom. The average Bonchev–Trinajstić information content (AvgIpc) is 2.96. The number of hydrogen-bond acceptors (Lipinski definition) is 6. The van der Waals surface area contributed by atoms with Crippen LogP contribution in [-0.4, -0.2) is 124 Å². The van der Waals surface area contributed by atoms with Gasteiger partial charge in [0.15, 0.2) is 0 Å². The van der Waals surface area contributed by atoms with E-state index in [2.05, 4.69) is 176 Å². The molecule has 2 aromatic carbocycles. The van der Waals surface area contributed by atoms with Crippen molar-refractivity contribution in [3.63, 3.8) is 0 Å². The second-order valence-electron chi connectivity index (χ2n) is 11.2. The number of halogens is 2. The molecule has 6 rings (SSSR count). The molecule has 2 aromatic rings. The van der Waals surface area contributed by atoms with E-state index in [1.165, 1.54) is 22.3 Å². The van der Waals surface area contributed by atoms with E-state index >= 15 is 0 Å². The van der Waals surface area contributed by atoms with Gasteiger partial charge in [-0.05, 0) is 64.5 Å². The molecule has 0 N–H and O–H groups in total. The van der Waals surface area contributed by atoms with Crippen molar-refractivity contribution in [3.05, 3.63) is 70.8 Å². The van der Waals surface area contributed by atoms with Crippen LogP contribution in [0, 0.1) is 0 Å². The minimum absolute atomic E-state index is 0.999. The second-order valence-corrected chi connectivity index (χ2v) is 11.2. The van der Waals surface area contributed by atoms with E-state index < -0.39 is 0 Å². The summed E-state index contributed by atoms with van der Waals surface area (Å²) in [7, 11) is 22.4. The Morgan fingerprint density at radius 3 is 0.675 bits per heavy atom. The number of rotatable bonds is 0. The monoisotopic (exact) mass is 776 g/mol. The van der Waals surface area contributed by atoms with Crippen LogP contribution < -0.4 is 0 Å². The number of hydrogen-bond donors (Lipinski definition) is 0. The first-order valence-electron chi connectivity index (χ1n) is 13.8. The van der Waals surface area contributed by atoms with E-state index in [0.717, 1.165) is 78.5 Å². The van der Waals surface area contributed by atoms with Gasteiger partial charge in [0, 0.05) is 78.5 Å². The summed E-state index contributed by atoms with van der Waals surface area (Å²) in [4.78, 5) is 14.6. The van der Waals surface area contributed by atoms with Crippen LogP contribution in [0.4, 0.5) is 0 Å². The van der Waals surface area contributed by atoms with Gasteiger partial charge in [0.05, 0.1) is 0 Å². The number of benzene rings is 2. The van der Waals surface area contributed by atoms with Crippen LogP contribution in [-0.2, 0) is 62.5 Å². The summed E-state index contributed by atoms with van der Waals surface area (Å²) in [5.74, 6) is 0. The molecule has 0 aromatic heterocycles. The SMILES string of the molecule is CN1CCN(C)Cc2ccc(cc2)CN(C)CCN(C)CCN(C)Cc2ccc(cc2)CN(C)CC1.[Cl][Pd+].[Cl][Pd+]. The Morgan fingerprint density at radius 1 is 0.350 bits per heavy atom. The molecule has 0 saturated carbocycles. The molecular formula is C30H50Cl2N6Pd2+2. The topological polar surface area (TPSA) is 19.4 Å². The first-order chi connectivity index (χ1) is 19.3. The molecule has 4 heterocycles. The van der Waals surface area contributed by atoms with Crippen molar-refractivity contribution in [2.75, 3.05) is 94.6 Å². The van der Waals surface area contributed by atoms with Crippen LogP contribution in [0.15, 0.2) is 48.5 Å². The summed E-state index contributed by atoms with van der Waals surface area (Å²) in [5, 5.41) is 0. The average molecular weight is 779 g/mol. The molecule has 40 heavy (non-hydrogen) atoms. The third-order valence-electron chi connectivity index (χ3n) is 7.31. The molecule has 10 heteroatoms. The van der Waals surface area contributed by atoms with E-state index in [0.29, 0.717) is 0 Å². The normalized spacial score (nSPS) is 19.5. The van der Waals surface area contributed by atoms with Gasteiger partial charge in [-0.15, -0.1) is 0 Å². The van der Waals surface area contributed by atoms with Gasteiger partial charge in [0.2, 0.25) is 0 Å². The summed E-state index contributed by atoms with van der Waals surface area (Å²) in [6.45, 7) is 12.7. The molecule has 4 bridgehead atoms. The van der Waals surface area contributed by atoms with E-state index in [-0.39, 0.29) is 0 Å². The molecule has 4 aliphatic heterocycles. The van der Waals surface area contributed by atoms with Gasteiger partial charge in [0.25, 0.3) is 0 Å². The first kappa shape index (κ1) is 38.1. The van der Waals surface area contributed by atoms with Crippen LogP contribution in [0.1, 0.15) is 22.3 Å². The maximum absolute atomic E-state index is 4.49. The van der Waals surface area contributed by atoms with E-state index in [4.69, 9.17) is 0 Å². The second kappa shape index (κ2) is 22.6. The summed E-state index contributed by atoms with van der Waals surface area (Å²) in [5.41, 5.74) is 5.57. The van der Waals surface area contributed by atoms with Gasteiger partial charge in [0.1, 0.15) is 0 Å². The molecule has 0 fully saturated rings. The van der Waals surface area contributed by atoms with E-state index in [1.54, 1.807) is 0 Å². The van der Waals surface area contributed by atoms with Gasteiger partial charge in [-0.25, -0.2) is 0 Å². The molecule has 0 atom stereocenters. The molecule has 0 aliphatic carbocycles. The standard InChI is InChI=1S/C30H50N6.2ClH.2Pd/c1-31-15-19-33(3)23-27-7-11-29(12-8-27)25-35(5)21-17-32(2)18-22-36(6)26-30-13-9-28(10-14-30)24-34(4)20-16-31;;;;/h7-14H,15-26H2,1-6H3;2*1H;;/q;;;2*+2/p-2. The molecule has 0 amide bonds. The molecule has 0 unspecified atom stereocenters. The van der Waals surface area contributed by atoms with Gasteiger partial charge in [-0.3, -0.25) is 0 Å². The zero-order chi connectivity index (χ0) is 29.9. The van der Waals surface area contributed by atoms with Crippen LogP contribution in [0.25, 0.3) is 0 Å². The van der Waals surface area contributed by atoms with Crippen molar-refractivity contribution in [1.82, 2.24) is 29.4 Å². The summed E-state index contributed by atoms with van der Waals surface area (Å²) in [6.07, 6.45) is 0. The van der Waals surface area contributed by atoms with Crippen molar-refractivity contribution in [2.24, 2.45) is 0 Å². The molecule has 0 saturated heterocycles. The van der Waals surface area contributed by atoms with E-state index in [9.17, 15) is 0 Å². The summed E-state index contributed by atoms with van der Waals surface area (Å²) in [6, 6.07) is 18.4. The van der Waals surface area contributed by atoms with Gasteiger partial charge < -0.3 is 29.4 Å². The third-order valence-corrected chi connectivity index (χ3v) is 7.31. The zero-order valence-electron chi connectivity index (χ0n) is 25.2. The quantitative estimate of drug-likeness (QED) is 0.368. The first-order valence-corrected chi connectivity index (χ1v) is 17.8.